The fourth-order valence-electron chi connectivity index (χ4n) is 6.28. The highest BCUT2D eigenvalue weighted by atomic mass is 16.4. The SMILES string of the molecule is C[C@@H](O)[C@H](NCNC(=O)C1=C(O)[C@@]2(O)C(=O)C3=C(O)c4c(O)cccc4[C@@](C)(O)[C@@H]3C[C@H]2[C@@H](N(C)C)C1=O)C(=O)O. The van der Waals surface area contributed by atoms with Gasteiger partial charge < -0.3 is 41.1 Å². The number of aromatic hydroxyl groups is 1. The molecule has 1 aromatic rings. The number of phenolic OH excluding ortho intramolecular Hbond substituents is 1. The number of nitrogens with one attached hydrogen (secondary N) is 2. The molecule has 14 heteroatoms. The van der Waals surface area contributed by atoms with Crippen molar-refractivity contribution in [3.05, 3.63) is 46.2 Å². The molecule has 1 saturated carbocycles. The summed E-state index contributed by atoms with van der Waals surface area (Å²) in [7, 11) is 2.92. The molecule has 0 heterocycles. The molecule has 1 aromatic carbocycles. The number of phenols is 1. The van der Waals surface area contributed by atoms with Crippen LogP contribution in [0.2, 0.25) is 0 Å². The number of aliphatic hydroxyl groups is 5. The smallest absolute Gasteiger partial charge is 0.323 e. The van der Waals surface area contributed by atoms with Crippen molar-refractivity contribution in [3.63, 3.8) is 0 Å². The van der Waals surface area contributed by atoms with E-state index in [2.05, 4.69) is 10.6 Å². The molecule has 1 amide bonds. The second kappa shape index (κ2) is 10.2. The summed E-state index contributed by atoms with van der Waals surface area (Å²) in [5.74, 6) is -9.81. The normalized spacial score (nSPS) is 30.9. The lowest BCUT2D eigenvalue weighted by Gasteiger charge is -2.53. The van der Waals surface area contributed by atoms with E-state index in [1.807, 2.05) is 0 Å². The van der Waals surface area contributed by atoms with Crippen molar-refractivity contribution in [1.29, 1.82) is 0 Å². The number of carbonyl (C=O) groups excluding carboxylic acids is 3. The lowest BCUT2D eigenvalue weighted by atomic mass is 9.54. The highest BCUT2D eigenvalue weighted by molar-refractivity contribution is 6.25. The van der Waals surface area contributed by atoms with Crippen molar-refractivity contribution in [2.45, 2.75) is 49.7 Å². The maximum Gasteiger partial charge on any atom is 0.323 e. The van der Waals surface area contributed by atoms with Crippen LogP contribution in [0.3, 0.4) is 0 Å². The molecule has 0 aliphatic heterocycles. The molecule has 4 rings (SSSR count). The Morgan fingerprint density at radius 1 is 1.15 bits per heavy atom. The number of hydrogen-bond acceptors (Lipinski definition) is 12. The number of fused-ring (bicyclic) bond motifs is 3. The minimum atomic E-state index is -2.88. The van der Waals surface area contributed by atoms with E-state index in [1.54, 1.807) is 0 Å². The summed E-state index contributed by atoms with van der Waals surface area (Å²) in [6.07, 6.45) is -1.63. The fraction of sp³-hybridized carbons (Fsp3) is 0.481. The van der Waals surface area contributed by atoms with Crippen LogP contribution in [-0.4, -0.2) is 109 Å². The Labute approximate surface area is 234 Å². The molecule has 0 saturated heterocycles. The third-order valence-electron chi connectivity index (χ3n) is 8.32. The van der Waals surface area contributed by atoms with Gasteiger partial charge >= 0.3 is 5.97 Å². The number of carboxylic acid groups (broad SMARTS) is 1. The van der Waals surface area contributed by atoms with E-state index in [0.29, 0.717) is 0 Å². The number of rotatable bonds is 7. The number of amides is 1. The standard InChI is InChI=1S/C27H33N3O11/c1-10(31)18(25(38)39)28-9-29-24(37)17-21(34)19(30(3)4)13-8-12-16(22(35)27(13,41)23(17)36)20(33)15-11(26(12,2)40)6-5-7-14(15)32/h5-7,10,12-13,18-19,28,31-33,36,40-41H,8-9H2,1-4H3,(H,29,37)(H,38,39)/t10-,12-,13+,18+,19-,26-,27+/m1/s1. The molecule has 0 bridgehead atoms. The zero-order valence-corrected chi connectivity index (χ0v) is 22.7. The van der Waals surface area contributed by atoms with Crippen molar-refractivity contribution in [3.8, 4) is 5.75 Å². The third kappa shape index (κ3) is 4.38. The second-order valence-electron chi connectivity index (χ2n) is 11.0. The van der Waals surface area contributed by atoms with E-state index >= 15 is 0 Å². The molecule has 0 aromatic heterocycles. The first-order valence-corrected chi connectivity index (χ1v) is 12.8. The van der Waals surface area contributed by atoms with Crippen LogP contribution in [-0.2, 0) is 24.8 Å². The monoisotopic (exact) mass is 575 g/mol. The molecule has 0 unspecified atom stereocenters. The van der Waals surface area contributed by atoms with Crippen LogP contribution in [0.15, 0.2) is 35.1 Å². The quantitative estimate of drug-likeness (QED) is 0.135. The van der Waals surface area contributed by atoms with E-state index in [1.165, 1.54) is 51.0 Å². The van der Waals surface area contributed by atoms with Gasteiger partial charge in [0.1, 0.15) is 28.9 Å². The number of aliphatic hydroxyl groups excluding tert-OH is 3. The van der Waals surface area contributed by atoms with Crippen LogP contribution in [0.5, 0.6) is 5.75 Å². The lowest BCUT2D eigenvalue weighted by Crippen LogP contribution is -2.67. The number of hydrogen-bond donors (Lipinski definition) is 9. The molecular formula is C27H33N3O11. The Bertz CT molecular complexity index is 1400. The number of aliphatic carboxylic acids is 1. The first kappa shape index (κ1) is 30.1. The Morgan fingerprint density at radius 2 is 1.78 bits per heavy atom. The van der Waals surface area contributed by atoms with Crippen LogP contribution in [0.4, 0.5) is 0 Å². The number of likely N-dealkylation sites (N-methyl/N-ethyl adjacent to an activating group) is 1. The summed E-state index contributed by atoms with van der Waals surface area (Å²) in [6, 6.07) is 1.32. The minimum absolute atomic E-state index is 0.120. The molecule has 9 N–H and O–H groups in total. The predicted molar refractivity (Wildman–Crippen MR) is 140 cm³/mol. The van der Waals surface area contributed by atoms with Crippen LogP contribution >= 0.6 is 0 Å². The van der Waals surface area contributed by atoms with Crippen LogP contribution in [0, 0.1) is 11.8 Å². The first-order chi connectivity index (χ1) is 19.0. The number of carboxylic acids is 1. The number of ketones is 2. The summed E-state index contributed by atoms with van der Waals surface area (Å²) in [5.41, 5.74) is -6.28. The van der Waals surface area contributed by atoms with Gasteiger partial charge in [0.2, 0.25) is 5.78 Å². The van der Waals surface area contributed by atoms with Crippen molar-refractivity contribution < 1.29 is 54.9 Å². The topological polar surface area (TPSA) is 237 Å². The van der Waals surface area contributed by atoms with Crippen LogP contribution < -0.4 is 10.6 Å². The Kier molecular flexibility index (Phi) is 7.52. The van der Waals surface area contributed by atoms with Gasteiger partial charge in [0.15, 0.2) is 11.4 Å². The van der Waals surface area contributed by atoms with Gasteiger partial charge in [-0.05, 0) is 46.0 Å². The van der Waals surface area contributed by atoms with E-state index < -0.39 is 99.8 Å². The van der Waals surface area contributed by atoms with E-state index in [-0.39, 0.29) is 17.5 Å². The average Bonchev–Trinajstić information content (AvgIpc) is 2.86. The summed E-state index contributed by atoms with van der Waals surface area (Å²) in [5, 5.41) is 79.6. The maximum atomic E-state index is 14.0. The van der Waals surface area contributed by atoms with Gasteiger partial charge in [-0.15, -0.1) is 0 Å². The first-order valence-electron chi connectivity index (χ1n) is 12.8. The molecular weight excluding hydrogens is 542 g/mol. The molecule has 3 aliphatic rings. The van der Waals surface area contributed by atoms with Crippen molar-refractivity contribution >= 4 is 29.2 Å². The van der Waals surface area contributed by atoms with E-state index in [9.17, 15) is 54.9 Å². The molecule has 222 valence electrons. The molecule has 14 nitrogen and oxygen atoms in total. The van der Waals surface area contributed by atoms with Gasteiger partial charge in [0, 0.05) is 17.4 Å². The highest BCUT2D eigenvalue weighted by Gasteiger charge is 2.66. The summed E-state index contributed by atoms with van der Waals surface area (Å²) >= 11 is 0. The second-order valence-corrected chi connectivity index (χ2v) is 11.0. The molecule has 1 fully saturated rings. The Morgan fingerprint density at radius 3 is 2.34 bits per heavy atom. The van der Waals surface area contributed by atoms with Crippen molar-refractivity contribution in [2.24, 2.45) is 11.8 Å². The zero-order chi connectivity index (χ0) is 30.8. The Balaban J connectivity index is 1.82. The largest absolute Gasteiger partial charge is 0.508 e. The lowest BCUT2D eigenvalue weighted by molar-refractivity contribution is -0.159. The Hall–Kier alpha value is -3.82. The third-order valence-corrected chi connectivity index (χ3v) is 8.32. The molecule has 0 radical (unpaired) electrons. The number of nitrogens with zero attached hydrogens (tertiary/aromatic N) is 1. The number of Topliss-reactive ketones (excluding diaryl/α,β-unsaturated/α-hetero) is 2. The minimum Gasteiger partial charge on any atom is -0.508 e. The van der Waals surface area contributed by atoms with Gasteiger partial charge in [-0.3, -0.25) is 29.4 Å². The molecule has 7 atom stereocenters. The van der Waals surface area contributed by atoms with Gasteiger partial charge in [-0.25, -0.2) is 0 Å². The number of carbonyl (C=O) groups is 4. The summed E-state index contributed by atoms with van der Waals surface area (Å²) < 4.78 is 0. The van der Waals surface area contributed by atoms with Crippen molar-refractivity contribution in [2.75, 3.05) is 20.8 Å². The maximum absolute atomic E-state index is 14.0. The molecule has 0 spiro atoms. The van der Waals surface area contributed by atoms with E-state index in [0.717, 1.165) is 0 Å². The number of benzene rings is 1. The average molecular weight is 576 g/mol. The van der Waals surface area contributed by atoms with Gasteiger partial charge in [-0.1, -0.05) is 12.1 Å². The van der Waals surface area contributed by atoms with Crippen LogP contribution in [0.1, 0.15) is 31.4 Å². The summed E-state index contributed by atoms with van der Waals surface area (Å²) in [6.45, 7) is 2.01. The van der Waals surface area contributed by atoms with Gasteiger partial charge in [-0.2, -0.15) is 0 Å². The van der Waals surface area contributed by atoms with Crippen molar-refractivity contribution in [1.82, 2.24) is 15.5 Å². The van der Waals surface area contributed by atoms with Gasteiger partial charge in [0.05, 0.1) is 30.0 Å². The molecule has 41 heavy (non-hydrogen) atoms. The highest BCUT2D eigenvalue weighted by Crippen LogP contribution is 2.57. The predicted octanol–water partition coefficient (Wildman–Crippen LogP) is -1.36. The van der Waals surface area contributed by atoms with E-state index in [4.69, 9.17) is 0 Å². The van der Waals surface area contributed by atoms with Gasteiger partial charge in [0.25, 0.3) is 5.91 Å². The fourth-order valence-corrected chi connectivity index (χ4v) is 6.28. The van der Waals surface area contributed by atoms with Crippen LogP contribution in [0.25, 0.3) is 5.76 Å². The summed E-state index contributed by atoms with van der Waals surface area (Å²) in [4.78, 5) is 53.4. The zero-order valence-electron chi connectivity index (χ0n) is 22.7. The molecule has 3 aliphatic carbocycles.